The lowest BCUT2D eigenvalue weighted by molar-refractivity contribution is 0.000258. The first-order chi connectivity index (χ1) is 10.6. The number of aliphatic hydroxyl groups is 1. The predicted molar refractivity (Wildman–Crippen MR) is 104 cm³/mol. The minimum Gasteiger partial charge on any atom is -0.487 e. The maximum Gasteiger partial charge on any atom is 0.146 e. The van der Waals surface area contributed by atoms with Gasteiger partial charge < -0.3 is 14.6 Å². The van der Waals surface area contributed by atoms with Crippen LogP contribution in [0, 0.1) is 14.1 Å². The number of ether oxygens (including phenoxy) is 2. The molecule has 3 nitrogen and oxygen atoms in total. The van der Waals surface area contributed by atoms with Crippen molar-refractivity contribution in [1.82, 2.24) is 0 Å². The molecule has 2 aromatic carbocycles. The van der Waals surface area contributed by atoms with Gasteiger partial charge in [0.1, 0.15) is 19.1 Å². The molecule has 0 bridgehead atoms. The van der Waals surface area contributed by atoms with Gasteiger partial charge >= 0.3 is 0 Å². The van der Waals surface area contributed by atoms with Crippen LogP contribution in [0.4, 0.5) is 0 Å². The molecule has 0 spiro atoms. The third kappa shape index (κ3) is 5.36. The van der Waals surface area contributed by atoms with Crippen LogP contribution >= 0.6 is 45.2 Å². The topological polar surface area (TPSA) is 38.7 Å². The molecule has 0 aromatic heterocycles. The van der Waals surface area contributed by atoms with Gasteiger partial charge in [-0.15, -0.1) is 0 Å². The normalized spacial score (nSPS) is 10.7. The number of hydrogen-bond donors (Lipinski definition) is 1. The predicted octanol–water partition coefficient (Wildman–Crippen LogP) is 4.29. The molecular weight excluding hydrogens is 506 g/mol. The average Bonchev–Trinajstić information content (AvgIpc) is 2.47. The van der Waals surface area contributed by atoms with Gasteiger partial charge in [0.15, 0.2) is 0 Å². The summed E-state index contributed by atoms with van der Waals surface area (Å²) in [5, 5.41) is 8.65. The Morgan fingerprint density at radius 3 is 2.41 bits per heavy atom. The molecule has 0 fully saturated rings. The number of halogens is 2. The third-order valence-electron chi connectivity index (χ3n) is 3.15. The van der Waals surface area contributed by atoms with E-state index >= 15 is 0 Å². The fourth-order valence-corrected chi connectivity index (χ4v) is 4.32. The second-order valence-corrected chi connectivity index (χ2v) is 7.28. The number of rotatable bonds is 7. The SMILES string of the molecule is Cc1cccc(COc2c(I)cc(CCOCO)cc2I)c1. The maximum absolute atomic E-state index is 8.65. The van der Waals surface area contributed by atoms with Crippen molar-refractivity contribution < 1.29 is 14.6 Å². The Labute approximate surface area is 158 Å². The fourth-order valence-electron chi connectivity index (χ4n) is 2.11. The molecule has 0 aliphatic rings. The Kier molecular flexibility index (Phi) is 7.39. The monoisotopic (exact) mass is 524 g/mol. The maximum atomic E-state index is 8.65. The summed E-state index contributed by atoms with van der Waals surface area (Å²) in [4.78, 5) is 0. The quantitative estimate of drug-likeness (QED) is 0.334. The zero-order valence-corrected chi connectivity index (χ0v) is 16.6. The molecule has 0 saturated heterocycles. The van der Waals surface area contributed by atoms with E-state index in [0.717, 1.165) is 19.3 Å². The van der Waals surface area contributed by atoms with Crippen molar-refractivity contribution in [3.63, 3.8) is 0 Å². The second-order valence-electron chi connectivity index (χ2n) is 4.95. The summed E-state index contributed by atoms with van der Waals surface area (Å²) in [6.07, 6.45) is 0.782. The molecule has 0 radical (unpaired) electrons. The lowest BCUT2D eigenvalue weighted by Gasteiger charge is -2.13. The van der Waals surface area contributed by atoms with E-state index < -0.39 is 0 Å². The molecule has 2 rings (SSSR count). The molecular formula is C17H18I2O3. The van der Waals surface area contributed by atoms with Crippen LogP contribution in [0.3, 0.4) is 0 Å². The molecule has 2 aromatic rings. The van der Waals surface area contributed by atoms with Gasteiger partial charge in [-0.05, 0) is 81.8 Å². The first-order valence-electron chi connectivity index (χ1n) is 6.95. The minimum absolute atomic E-state index is 0.230. The van der Waals surface area contributed by atoms with E-state index in [-0.39, 0.29) is 6.79 Å². The van der Waals surface area contributed by atoms with Gasteiger partial charge in [-0.25, -0.2) is 0 Å². The van der Waals surface area contributed by atoms with Gasteiger partial charge in [-0.1, -0.05) is 29.8 Å². The van der Waals surface area contributed by atoms with Gasteiger partial charge in [0.25, 0.3) is 0 Å². The first kappa shape index (κ1) is 18.0. The van der Waals surface area contributed by atoms with Gasteiger partial charge in [0.2, 0.25) is 0 Å². The molecule has 0 heterocycles. The Balaban J connectivity index is 2.04. The minimum atomic E-state index is -0.230. The summed E-state index contributed by atoms with van der Waals surface area (Å²) >= 11 is 4.60. The molecule has 0 atom stereocenters. The van der Waals surface area contributed by atoms with Crippen LogP contribution in [0.15, 0.2) is 36.4 Å². The Bertz CT molecular complexity index is 606. The van der Waals surface area contributed by atoms with E-state index in [0.29, 0.717) is 13.2 Å². The highest BCUT2D eigenvalue weighted by atomic mass is 127. The van der Waals surface area contributed by atoms with Crippen molar-refractivity contribution in [3.05, 3.63) is 60.2 Å². The highest BCUT2D eigenvalue weighted by Gasteiger charge is 2.09. The summed E-state index contributed by atoms with van der Waals surface area (Å²) in [6, 6.07) is 12.6. The van der Waals surface area contributed by atoms with E-state index in [4.69, 9.17) is 14.6 Å². The van der Waals surface area contributed by atoms with E-state index in [1.54, 1.807) is 0 Å². The number of aryl methyl sites for hydroxylation is 1. The first-order valence-corrected chi connectivity index (χ1v) is 9.11. The number of hydrogen-bond acceptors (Lipinski definition) is 3. The zero-order chi connectivity index (χ0) is 15.9. The fraction of sp³-hybridized carbons (Fsp3) is 0.294. The van der Waals surface area contributed by atoms with Gasteiger partial charge in [-0.2, -0.15) is 0 Å². The molecule has 0 aliphatic carbocycles. The molecule has 5 heteroatoms. The van der Waals surface area contributed by atoms with E-state index in [1.165, 1.54) is 16.7 Å². The van der Waals surface area contributed by atoms with E-state index in [1.807, 2.05) is 6.07 Å². The molecule has 0 amide bonds. The Morgan fingerprint density at radius 2 is 1.77 bits per heavy atom. The lowest BCUT2D eigenvalue weighted by Crippen LogP contribution is -2.03. The summed E-state index contributed by atoms with van der Waals surface area (Å²) in [6.45, 7) is 2.94. The molecule has 0 aliphatic heterocycles. The highest BCUT2D eigenvalue weighted by molar-refractivity contribution is 14.1. The second kappa shape index (κ2) is 9.05. The summed E-state index contributed by atoms with van der Waals surface area (Å²) < 4.78 is 13.2. The molecule has 0 unspecified atom stereocenters. The van der Waals surface area contributed by atoms with Crippen molar-refractivity contribution >= 4 is 45.2 Å². The Morgan fingerprint density at radius 1 is 1.05 bits per heavy atom. The van der Waals surface area contributed by atoms with Crippen LogP contribution in [0.2, 0.25) is 0 Å². The van der Waals surface area contributed by atoms with Crippen molar-refractivity contribution in [1.29, 1.82) is 0 Å². The smallest absolute Gasteiger partial charge is 0.146 e. The summed E-state index contributed by atoms with van der Waals surface area (Å²) in [5.74, 6) is 0.925. The van der Waals surface area contributed by atoms with Crippen LogP contribution in [-0.2, 0) is 17.8 Å². The molecule has 1 N–H and O–H groups in total. The third-order valence-corrected chi connectivity index (χ3v) is 4.75. The van der Waals surface area contributed by atoms with Gasteiger partial charge in [0.05, 0.1) is 13.7 Å². The van der Waals surface area contributed by atoms with Gasteiger partial charge in [0, 0.05) is 0 Å². The molecule has 22 heavy (non-hydrogen) atoms. The van der Waals surface area contributed by atoms with Crippen LogP contribution in [0.1, 0.15) is 16.7 Å². The highest BCUT2D eigenvalue weighted by Crippen LogP contribution is 2.30. The molecule has 118 valence electrons. The van der Waals surface area contributed by atoms with Crippen molar-refractivity contribution in [2.45, 2.75) is 20.0 Å². The van der Waals surface area contributed by atoms with Crippen LogP contribution in [-0.4, -0.2) is 18.5 Å². The van der Waals surface area contributed by atoms with Crippen LogP contribution < -0.4 is 4.74 Å². The van der Waals surface area contributed by atoms with Crippen molar-refractivity contribution in [2.75, 3.05) is 13.4 Å². The summed E-state index contributed by atoms with van der Waals surface area (Å²) in [5.41, 5.74) is 3.60. The number of aliphatic hydroxyl groups excluding tert-OH is 1. The largest absolute Gasteiger partial charge is 0.487 e. The summed E-state index contributed by atoms with van der Waals surface area (Å²) in [7, 11) is 0. The van der Waals surface area contributed by atoms with Crippen molar-refractivity contribution in [3.8, 4) is 5.75 Å². The Hall–Kier alpha value is -0.380. The van der Waals surface area contributed by atoms with Crippen LogP contribution in [0.25, 0.3) is 0 Å². The van der Waals surface area contributed by atoms with Crippen molar-refractivity contribution in [2.24, 2.45) is 0 Å². The average molecular weight is 524 g/mol. The van der Waals surface area contributed by atoms with Gasteiger partial charge in [-0.3, -0.25) is 0 Å². The standard InChI is InChI=1S/C17H18I2O3/c1-12-3-2-4-14(7-12)10-22-17-15(18)8-13(9-16(17)19)5-6-21-11-20/h2-4,7-9,20H,5-6,10-11H2,1H3. The van der Waals surface area contributed by atoms with E-state index in [2.05, 4.69) is 82.4 Å². The van der Waals surface area contributed by atoms with Crippen LogP contribution in [0.5, 0.6) is 5.75 Å². The molecule has 0 saturated carbocycles. The lowest BCUT2D eigenvalue weighted by atomic mass is 10.1. The van der Waals surface area contributed by atoms with E-state index in [9.17, 15) is 0 Å². The zero-order valence-electron chi connectivity index (χ0n) is 12.3. The number of benzene rings is 2.